The van der Waals surface area contributed by atoms with Crippen LogP contribution in [0.25, 0.3) is 0 Å². The Morgan fingerprint density at radius 2 is 2.07 bits per heavy atom. The maximum absolute atomic E-state index is 11.1. The molecule has 1 amide bonds. The SMILES string of the molecule is COCC(CO)NC(=O)CCC(=O)O. The van der Waals surface area contributed by atoms with Gasteiger partial charge in [-0.15, -0.1) is 0 Å². The molecule has 0 aliphatic rings. The average molecular weight is 205 g/mol. The minimum absolute atomic E-state index is 0.0878. The molecule has 0 saturated heterocycles. The van der Waals surface area contributed by atoms with Gasteiger partial charge in [-0.3, -0.25) is 9.59 Å². The maximum Gasteiger partial charge on any atom is 0.303 e. The summed E-state index contributed by atoms with van der Waals surface area (Å²) in [6, 6.07) is -0.471. The second-order valence-electron chi connectivity index (χ2n) is 2.80. The molecule has 14 heavy (non-hydrogen) atoms. The third-order valence-electron chi connectivity index (χ3n) is 1.52. The van der Waals surface area contributed by atoms with E-state index in [2.05, 4.69) is 5.32 Å². The number of methoxy groups -OCH3 is 1. The number of nitrogens with one attached hydrogen (secondary N) is 1. The molecule has 0 rings (SSSR count). The lowest BCUT2D eigenvalue weighted by Crippen LogP contribution is -2.40. The monoisotopic (exact) mass is 205 g/mol. The molecule has 0 saturated carbocycles. The number of aliphatic hydroxyl groups is 1. The van der Waals surface area contributed by atoms with Gasteiger partial charge in [0.2, 0.25) is 5.91 Å². The third kappa shape index (κ3) is 6.38. The van der Waals surface area contributed by atoms with Crippen molar-refractivity contribution in [1.29, 1.82) is 0 Å². The Hall–Kier alpha value is -1.14. The molecule has 82 valence electrons. The second-order valence-corrected chi connectivity index (χ2v) is 2.80. The molecule has 0 spiro atoms. The molecule has 6 heteroatoms. The van der Waals surface area contributed by atoms with Gasteiger partial charge in [-0.05, 0) is 0 Å². The summed E-state index contributed by atoms with van der Waals surface area (Å²) < 4.78 is 4.73. The molecule has 0 aromatic rings. The van der Waals surface area contributed by atoms with Gasteiger partial charge in [0.25, 0.3) is 0 Å². The molecule has 0 heterocycles. The average Bonchev–Trinajstić information content (AvgIpc) is 2.14. The number of aliphatic carboxylic acids is 1. The van der Waals surface area contributed by atoms with E-state index >= 15 is 0 Å². The first kappa shape index (κ1) is 12.9. The van der Waals surface area contributed by atoms with Crippen molar-refractivity contribution in [2.75, 3.05) is 20.3 Å². The number of carbonyl (C=O) groups is 2. The number of carbonyl (C=O) groups excluding carboxylic acids is 1. The lowest BCUT2D eigenvalue weighted by Gasteiger charge is -2.14. The molecule has 1 atom stereocenters. The molecule has 0 radical (unpaired) electrons. The number of aliphatic hydroxyl groups excluding tert-OH is 1. The van der Waals surface area contributed by atoms with Gasteiger partial charge in [-0.1, -0.05) is 0 Å². The van der Waals surface area contributed by atoms with E-state index in [-0.39, 0.29) is 26.1 Å². The lowest BCUT2D eigenvalue weighted by molar-refractivity contribution is -0.139. The van der Waals surface area contributed by atoms with Crippen LogP contribution in [-0.4, -0.2) is 48.5 Å². The highest BCUT2D eigenvalue weighted by molar-refractivity contribution is 5.80. The number of ether oxygens (including phenoxy) is 1. The van der Waals surface area contributed by atoms with Crippen LogP contribution in [0.3, 0.4) is 0 Å². The Labute approximate surface area is 81.9 Å². The summed E-state index contributed by atoms with van der Waals surface area (Å²) in [5.41, 5.74) is 0. The van der Waals surface area contributed by atoms with E-state index in [1.54, 1.807) is 0 Å². The molecule has 6 nitrogen and oxygen atoms in total. The first-order chi connectivity index (χ1) is 6.60. The van der Waals surface area contributed by atoms with Crippen molar-refractivity contribution < 1.29 is 24.5 Å². The van der Waals surface area contributed by atoms with Gasteiger partial charge in [-0.25, -0.2) is 0 Å². The van der Waals surface area contributed by atoms with Crippen molar-refractivity contribution in [2.45, 2.75) is 18.9 Å². The first-order valence-electron chi connectivity index (χ1n) is 4.21. The summed E-state index contributed by atoms with van der Waals surface area (Å²) >= 11 is 0. The van der Waals surface area contributed by atoms with Crippen LogP contribution in [0.5, 0.6) is 0 Å². The number of rotatable bonds is 7. The van der Waals surface area contributed by atoms with Gasteiger partial charge in [-0.2, -0.15) is 0 Å². The molecule has 0 aliphatic carbocycles. The van der Waals surface area contributed by atoms with E-state index in [9.17, 15) is 9.59 Å². The number of carboxylic acid groups (broad SMARTS) is 1. The summed E-state index contributed by atoms with van der Waals surface area (Å²) in [5.74, 6) is -1.42. The molecule has 3 N–H and O–H groups in total. The van der Waals surface area contributed by atoms with Crippen LogP contribution < -0.4 is 5.32 Å². The van der Waals surface area contributed by atoms with E-state index in [1.807, 2.05) is 0 Å². The molecule has 0 aromatic heterocycles. The zero-order valence-corrected chi connectivity index (χ0v) is 8.02. The van der Waals surface area contributed by atoms with E-state index in [4.69, 9.17) is 14.9 Å². The molecular weight excluding hydrogens is 190 g/mol. The van der Waals surface area contributed by atoms with Crippen molar-refractivity contribution in [3.8, 4) is 0 Å². The maximum atomic E-state index is 11.1. The van der Waals surface area contributed by atoms with Crippen molar-refractivity contribution in [3.63, 3.8) is 0 Å². The van der Waals surface area contributed by atoms with Crippen LogP contribution in [0, 0.1) is 0 Å². The summed E-state index contributed by atoms with van der Waals surface area (Å²) in [6.45, 7) is -0.0258. The van der Waals surface area contributed by atoms with Crippen LogP contribution >= 0.6 is 0 Å². The normalized spacial score (nSPS) is 12.1. The standard InChI is InChI=1S/C8H15NO5/c1-14-5-6(4-10)9-7(11)2-3-8(12)13/h6,10H,2-5H2,1H3,(H,9,11)(H,12,13). The molecular formula is C8H15NO5. The smallest absolute Gasteiger partial charge is 0.303 e. The molecule has 1 unspecified atom stereocenters. The van der Waals surface area contributed by atoms with Crippen LogP contribution in [0.1, 0.15) is 12.8 Å². The number of hydrogen-bond acceptors (Lipinski definition) is 4. The summed E-state index contributed by atoms with van der Waals surface area (Å²) in [7, 11) is 1.45. The highest BCUT2D eigenvalue weighted by Gasteiger charge is 2.11. The van der Waals surface area contributed by atoms with E-state index in [1.165, 1.54) is 7.11 Å². The predicted molar refractivity (Wildman–Crippen MR) is 47.8 cm³/mol. The Balaban J connectivity index is 3.72. The predicted octanol–water partition coefficient (Wildman–Crippen LogP) is -1.03. The minimum Gasteiger partial charge on any atom is -0.481 e. The van der Waals surface area contributed by atoms with Crippen LogP contribution in [0.4, 0.5) is 0 Å². The van der Waals surface area contributed by atoms with Crippen molar-refractivity contribution >= 4 is 11.9 Å². The van der Waals surface area contributed by atoms with Crippen molar-refractivity contribution in [2.24, 2.45) is 0 Å². The molecule has 0 bridgehead atoms. The highest BCUT2D eigenvalue weighted by Crippen LogP contribution is 1.91. The van der Waals surface area contributed by atoms with Crippen molar-refractivity contribution in [1.82, 2.24) is 5.32 Å². The molecule has 0 fully saturated rings. The van der Waals surface area contributed by atoms with Gasteiger partial charge >= 0.3 is 5.97 Å². The van der Waals surface area contributed by atoms with E-state index in [0.717, 1.165) is 0 Å². The second kappa shape index (κ2) is 7.28. The van der Waals surface area contributed by atoms with Gasteiger partial charge in [0.15, 0.2) is 0 Å². The third-order valence-corrected chi connectivity index (χ3v) is 1.52. The highest BCUT2D eigenvalue weighted by atomic mass is 16.5. The zero-order chi connectivity index (χ0) is 11.0. The van der Waals surface area contributed by atoms with Gasteiger partial charge in [0.05, 0.1) is 25.7 Å². The summed E-state index contributed by atoms with van der Waals surface area (Å²) in [4.78, 5) is 21.2. The zero-order valence-electron chi connectivity index (χ0n) is 8.02. The first-order valence-corrected chi connectivity index (χ1v) is 4.21. The largest absolute Gasteiger partial charge is 0.481 e. The molecule has 0 aromatic carbocycles. The topological polar surface area (TPSA) is 95.9 Å². The Kier molecular flexibility index (Phi) is 6.69. The quantitative estimate of drug-likeness (QED) is 0.494. The molecule has 0 aliphatic heterocycles. The van der Waals surface area contributed by atoms with Gasteiger partial charge in [0.1, 0.15) is 0 Å². The van der Waals surface area contributed by atoms with Crippen LogP contribution in [0.15, 0.2) is 0 Å². The van der Waals surface area contributed by atoms with Crippen molar-refractivity contribution in [3.05, 3.63) is 0 Å². The Morgan fingerprint density at radius 3 is 2.50 bits per heavy atom. The number of carboxylic acids is 1. The number of amides is 1. The van der Waals surface area contributed by atoms with Crippen LogP contribution in [0.2, 0.25) is 0 Å². The fourth-order valence-electron chi connectivity index (χ4n) is 0.862. The lowest BCUT2D eigenvalue weighted by atomic mass is 10.2. The van der Waals surface area contributed by atoms with E-state index < -0.39 is 17.9 Å². The van der Waals surface area contributed by atoms with Crippen LogP contribution in [-0.2, 0) is 14.3 Å². The fraction of sp³-hybridized carbons (Fsp3) is 0.750. The Bertz CT molecular complexity index is 194. The van der Waals surface area contributed by atoms with E-state index in [0.29, 0.717) is 0 Å². The van der Waals surface area contributed by atoms with Gasteiger partial charge < -0.3 is 20.3 Å². The number of hydrogen-bond donors (Lipinski definition) is 3. The summed E-state index contributed by atoms with van der Waals surface area (Å²) in [6.07, 6.45) is -0.299. The minimum atomic E-state index is -1.02. The summed E-state index contributed by atoms with van der Waals surface area (Å²) in [5, 5.41) is 19.5. The Morgan fingerprint density at radius 1 is 1.43 bits per heavy atom. The fourth-order valence-corrected chi connectivity index (χ4v) is 0.862. The van der Waals surface area contributed by atoms with Gasteiger partial charge in [0, 0.05) is 13.5 Å².